The molecule has 8 heteroatoms. The van der Waals surface area contributed by atoms with E-state index in [0.29, 0.717) is 4.21 Å². The van der Waals surface area contributed by atoms with Crippen LogP contribution in [0.25, 0.3) is 0 Å². The number of nitrogens with one attached hydrogen (secondary N) is 2. The molecule has 0 unspecified atom stereocenters. The predicted octanol–water partition coefficient (Wildman–Crippen LogP) is 1.75. The summed E-state index contributed by atoms with van der Waals surface area (Å²) in [6.45, 7) is 3.03. The van der Waals surface area contributed by atoms with E-state index in [4.69, 9.17) is 0 Å². The average Bonchev–Trinajstić information content (AvgIpc) is 3.03. The highest BCUT2D eigenvalue weighted by atomic mass is 32.2. The highest BCUT2D eigenvalue weighted by Crippen LogP contribution is 2.22. The van der Waals surface area contributed by atoms with E-state index in [1.807, 2.05) is 20.0 Å². The van der Waals surface area contributed by atoms with Gasteiger partial charge in [-0.15, -0.1) is 22.7 Å². The lowest BCUT2D eigenvalue weighted by Gasteiger charge is -2.02. The van der Waals surface area contributed by atoms with E-state index in [0.717, 1.165) is 27.7 Å². The third-order valence-electron chi connectivity index (χ3n) is 2.63. The molecule has 0 aliphatic rings. The smallest absolute Gasteiger partial charge is 0.250 e. The molecule has 2 heterocycles. The zero-order valence-electron chi connectivity index (χ0n) is 11.3. The summed E-state index contributed by atoms with van der Waals surface area (Å²) in [6.07, 6.45) is 2.54. The van der Waals surface area contributed by atoms with Gasteiger partial charge in [-0.2, -0.15) is 0 Å². The molecule has 0 aliphatic heterocycles. The maximum Gasteiger partial charge on any atom is 0.250 e. The standard InChI is InChI=1S/C12H17N3O2S3/c1-9-14-7-11(18-9)8-15-20(16,17)12-4-3-10(19-12)5-6-13-2/h3-4,7,13,15H,5-6,8H2,1-2H3. The van der Waals surface area contributed by atoms with Gasteiger partial charge in [-0.3, -0.25) is 0 Å². The van der Waals surface area contributed by atoms with Gasteiger partial charge in [0, 0.05) is 22.5 Å². The number of thiazole rings is 1. The van der Waals surface area contributed by atoms with Crippen LogP contribution in [0, 0.1) is 6.92 Å². The molecule has 0 saturated heterocycles. The average molecular weight is 331 g/mol. The second-order valence-corrected chi connectivity index (χ2v) is 8.73. The van der Waals surface area contributed by atoms with Crippen molar-refractivity contribution < 1.29 is 8.42 Å². The molecule has 2 N–H and O–H groups in total. The summed E-state index contributed by atoms with van der Waals surface area (Å²) in [5, 5.41) is 3.98. The summed E-state index contributed by atoms with van der Waals surface area (Å²) >= 11 is 2.81. The van der Waals surface area contributed by atoms with Gasteiger partial charge in [-0.1, -0.05) is 0 Å². The zero-order chi connectivity index (χ0) is 14.6. The largest absolute Gasteiger partial charge is 0.319 e. The molecule has 0 spiro atoms. The Bertz CT molecular complexity index is 661. The fourth-order valence-electron chi connectivity index (χ4n) is 1.61. The van der Waals surface area contributed by atoms with Gasteiger partial charge in [-0.25, -0.2) is 18.1 Å². The van der Waals surface area contributed by atoms with Crippen molar-refractivity contribution in [1.82, 2.24) is 15.0 Å². The predicted molar refractivity (Wildman–Crippen MR) is 82.8 cm³/mol. The SMILES string of the molecule is CNCCc1ccc(S(=O)(=O)NCc2cnc(C)s2)s1. The Kier molecular flexibility index (Phi) is 5.28. The van der Waals surface area contributed by atoms with E-state index in [2.05, 4.69) is 15.0 Å². The molecule has 0 atom stereocenters. The maximum absolute atomic E-state index is 12.2. The number of sulfonamides is 1. The highest BCUT2D eigenvalue weighted by molar-refractivity contribution is 7.91. The fraction of sp³-hybridized carbons (Fsp3) is 0.417. The van der Waals surface area contributed by atoms with Crippen molar-refractivity contribution in [2.24, 2.45) is 0 Å². The number of aromatic nitrogens is 1. The van der Waals surface area contributed by atoms with E-state index in [1.165, 1.54) is 22.7 Å². The molecule has 2 aromatic heterocycles. The lowest BCUT2D eigenvalue weighted by atomic mass is 10.3. The first kappa shape index (κ1) is 15.6. The van der Waals surface area contributed by atoms with E-state index in [1.54, 1.807) is 12.3 Å². The molecule has 2 rings (SSSR count). The molecule has 0 amide bonds. The minimum absolute atomic E-state index is 0.289. The van der Waals surface area contributed by atoms with Gasteiger partial charge < -0.3 is 5.32 Å². The van der Waals surface area contributed by atoms with Crippen LogP contribution < -0.4 is 10.0 Å². The summed E-state index contributed by atoms with van der Waals surface area (Å²) in [5.74, 6) is 0. The van der Waals surface area contributed by atoms with Gasteiger partial charge >= 0.3 is 0 Å². The molecule has 0 aliphatic carbocycles. The lowest BCUT2D eigenvalue weighted by Crippen LogP contribution is -2.21. The van der Waals surface area contributed by atoms with Gasteiger partial charge in [0.1, 0.15) is 4.21 Å². The van der Waals surface area contributed by atoms with Crippen LogP contribution >= 0.6 is 22.7 Å². The highest BCUT2D eigenvalue weighted by Gasteiger charge is 2.16. The Morgan fingerprint density at radius 2 is 2.05 bits per heavy atom. The molecule has 0 fully saturated rings. The van der Waals surface area contributed by atoms with E-state index >= 15 is 0 Å². The van der Waals surface area contributed by atoms with Crippen molar-refractivity contribution >= 4 is 32.7 Å². The summed E-state index contributed by atoms with van der Waals surface area (Å²) in [6, 6.07) is 3.53. The first-order chi connectivity index (χ1) is 9.51. The van der Waals surface area contributed by atoms with E-state index < -0.39 is 10.0 Å². The van der Waals surface area contributed by atoms with Crippen molar-refractivity contribution in [2.45, 2.75) is 24.1 Å². The summed E-state index contributed by atoms with van der Waals surface area (Å²) in [4.78, 5) is 6.09. The number of thiophene rings is 1. The molecular weight excluding hydrogens is 314 g/mol. The Hall–Kier alpha value is -0.800. The summed E-state index contributed by atoms with van der Waals surface area (Å²) < 4.78 is 27.3. The number of rotatable bonds is 7. The molecule has 5 nitrogen and oxygen atoms in total. The Balaban J connectivity index is 2.00. The van der Waals surface area contributed by atoms with Gasteiger partial charge in [0.05, 0.1) is 5.01 Å². The molecule has 110 valence electrons. The number of likely N-dealkylation sites (N-methyl/N-ethyl adjacent to an activating group) is 1. The van der Waals surface area contributed by atoms with Gasteiger partial charge in [0.15, 0.2) is 0 Å². The fourth-order valence-corrected chi connectivity index (χ4v) is 4.84. The topological polar surface area (TPSA) is 71.1 Å². The molecule has 0 radical (unpaired) electrons. The van der Waals surface area contributed by atoms with Gasteiger partial charge in [-0.05, 0) is 39.1 Å². The van der Waals surface area contributed by atoms with Crippen molar-refractivity contribution in [3.05, 3.63) is 33.1 Å². The van der Waals surface area contributed by atoms with Crippen molar-refractivity contribution in [1.29, 1.82) is 0 Å². The number of nitrogens with zero attached hydrogens (tertiary/aromatic N) is 1. The van der Waals surface area contributed by atoms with Crippen LogP contribution in [0.4, 0.5) is 0 Å². The van der Waals surface area contributed by atoms with Crippen LogP contribution in [-0.4, -0.2) is 27.0 Å². The van der Waals surface area contributed by atoms with Crippen molar-refractivity contribution in [3.8, 4) is 0 Å². The van der Waals surface area contributed by atoms with Crippen LogP contribution in [-0.2, 0) is 23.0 Å². The second kappa shape index (κ2) is 6.77. The minimum Gasteiger partial charge on any atom is -0.319 e. The van der Waals surface area contributed by atoms with Crippen LogP contribution in [0.3, 0.4) is 0 Å². The van der Waals surface area contributed by atoms with Crippen LogP contribution in [0.2, 0.25) is 0 Å². The zero-order valence-corrected chi connectivity index (χ0v) is 13.8. The minimum atomic E-state index is -3.43. The van der Waals surface area contributed by atoms with Gasteiger partial charge in [0.25, 0.3) is 0 Å². The quantitative estimate of drug-likeness (QED) is 0.811. The van der Waals surface area contributed by atoms with Crippen LogP contribution in [0.5, 0.6) is 0 Å². The Morgan fingerprint density at radius 3 is 2.70 bits per heavy atom. The summed E-state index contributed by atoms with van der Waals surface area (Å²) in [5.41, 5.74) is 0. The molecule has 0 aromatic carbocycles. The third-order valence-corrected chi connectivity index (χ3v) is 6.58. The summed E-state index contributed by atoms with van der Waals surface area (Å²) in [7, 11) is -1.55. The van der Waals surface area contributed by atoms with E-state index in [9.17, 15) is 8.42 Å². The molecule has 0 saturated carbocycles. The number of aryl methyl sites for hydroxylation is 1. The Morgan fingerprint density at radius 1 is 1.25 bits per heavy atom. The normalized spacial score (nSPS) is 11.9. The monoisotopic (exact) mass is 331 g/mol. The van der Waals surface area contributed by atoms with Crippen molar-refractivity contribution in [3.63, 3.8) is 0 Å². The van der Waals surface area contributed by atoms with E-state index in [-0.39, 0.29) is 6.54 Å². The van der Waals surface area contributed by atoms with Gasteiger partial charge in [0.2, 0.25) is 10.0 Å². The number of hydrogen-bond donors (Lipinski definition) is 2. The Labute approximate surface area is 127 Å². The third kappa shape index (κ3) is 4.10. The number of hydrogen-bond acceptors (Lipinski definition) is 6. The lowest BCUT2D eigenvalue weighted by molar-refractivity contribution is 0.584. The molecule has 20 heavy (non-hydrogen) atoms. The van der Waals surface area contributed by atoms with Crippen LogP contribution in [0.1, 0.15) is 14.8 Å². The molecule has 2 aromatic rings. The maximum atomic E-state index is 12.2. The molecular formula is C12H17N3O2S3. The molecule has 0 bridgehead atoms. The second-order valence-electron chi connectivity index (χ2n) is 4.24. The van der Waals surface area contributed by atoms with Crippen LogP contribution in [0.15, 0.2) is 22.5 Å². The van der Waals surface area contributed by atoms with Crippen molar-refractivity contribution in [2.75, 3.05) is 13.6 Å². The first-order valence-electron chi connectivity index (χ1n) is 6.15. The first-order valence-corrected chi connectivity index (χ1v) is 9.27.